The van der Waals surface area contributed by atoms with Crippen LogP contribution in [0.15, 0.2) is 78.9 Å². The average molecular weight is 1840 g/mol. The number of phenols is 3. The maximum Gasteiger partial charge on any atom is 0.251 e. The van der Waals surface area contributed by atoms with Crippen LogP contribution < -0.4 is 62.9 Å². The zero-order valence-corrected chi connectivity index (χ0v) is 70.8. The summed E-state index contributed by atoms with van der Waals surface area (Å²) in [6, 6.07) is 3.92. The number of hydrogen-bond acceptors (Lipinski definition) is 36. The number of Topliss-reactive ketones (excluding diaryl/α,β-unsaturated/α-hetero) is 2. The third-order valence-electron chi connectivity index (χ3n) is 23.0. The average Bonchev–Trinajstić information content (AvgIpc) is 0.759. The van der Waals surface area contributed by atoms with Crippen molar-refractivity contribution >= 4 is 76.1 Å². The molecule has 0 spiro atoms. The number of fused-ring (bicyclic) bond motifs is 15. The lowest BCUT2D eigenvalue weighted by molar-refractivity contribution is -0.333. The van der Waals surface area contributed by atoms with Crippen molar-refractivity contribution in [2.45, 2.75) is 224 Å². The fourth-order valence-electron chi connectivity index (χ4n) is 15.9. The number of aliphatic hydroxyl groups excluding tert-OH is 14. The van der Waals surface area contributed by atoms with E-state index < -0.39 is 337 Å². The van der Waals surface area contributed by atoms with E-state index in [2.05, 4.69) is 37.2 Å². The Kier molecular flexibility index (Phi) is 32.4. The van der Waals surface area contributed by atoms with Crippen LogP contribution in [0.25, 0.3) is 11.1 Å². The molecule has 3 fully saturated rings. The molecule has 13 rings (SSSR count). The third kappa shape index (κ3) is 22.1. The Bertz CT molecular complexity index is 4900. The lowest BCUT2D eigenvalue weighted by Crippen LogP contribution is -2.64. The molecule has 0 aliphatic carbocycles. The topological polar surface area (TPSA) is 708 Å². The second-order valence-corrected chi connectivity index (χ2v) is 33.7. The molecule has 9 unspecified atom stereocenters. The van der Waals surface area contributed by atoms with E-state index in [0.717, 1.165) is 66.7 Å². The van der Waals surface area contributed by atoms with Crippen molar-refractivity contribution in [2.24, 2.45) is 23.3 Å². The Morgan fingerprint density at radius 2 is 1.27 bits per heavy atom. The van der Waals surface area contributed by atoms with Gasteiger partial charge in [-0.1, -0.05) is 55.2 Å². The van der Waals surface area contributed by atoms with Crippen LogP contribution in [0.2, 0.25) is 10.0 Å². The number of rotatable bonds is 25. The zero-order chi connectivity index (χ0) is 93.7. The van der Waals surface area contributed by atoms with Gasteiger partial charge in [0.15, 0.2) is 47.9 Å². The van der Waals surface area contributed by atoms with Crippen LogP contribution in [0.3, 0.4) is 0 Å². The Morgan fingerprint density at radius 1 is 0.656 bits per heavy atom. The molecule has 0 saturated carbocycles. The zero-order valence-electron chi connectivity index (χ0n) is 69.3. The van der Waals surface area contributed by atoms with Crippen LogP contribution in [0, 0.1) is 11.8 Å². The number of benzene rings is 5. The van der Waals surface area contributed by atoms with E-state index >= 15 is 28.8 Å². The van der Waals surface area contributed by atoms with E-state index in [1.165, 1.54) is 33.0 Å². The lowest BCUT2D eigenvalue weighted by atomic mass is 9.84. The van der Waals surface area contributed by atoms with Gasteiger partial charge >= 0.3 is 0 Å². The smallest absolute Gasteiger partial charge is 0.251 e. The van der Waals surface area contributed by atoms with E-state index in [4.69, 9.17) is 72.6 Å². The van der Waals surface area contributed by atoms with Crippen molar-refractivity contribution in [1.82, 2.24) is 37.2 Å². The summed E-state index contributed by atoms with van der Waals surface area (Å²) < 4.78 is 49.3. The highest BCUT2D eigenvalue weighted by Gasteiger charge is 2.53. The first-order valence-corrected chi connectivity index (χ1v) is 41.6. The molecule has 28 N–H and O–H groups in total. The molecule has 3 saturated heterocycles. The minimum absolute atomic E-state index is 0.117. The van der Waals surface area contributed by atoms with E-state index in [1.54, 1.807) is 0 Å². The summed E-state index contributed by atoms with van der Waals surface area (Å²) >= 11 is 14.3. The summed E-state index contributed by atoms with van der Waals surface area (Å²) in [6.45, 7) is 2.48. The number of carbonyl (C=O) groups excluding carboxylic acids is 9. The van der Waals surface area contributed by atoms with Crippen molar-refractivity contribution in [1.29, 1.82) is 0 Å². The van der Waals surface area contributed by atoms with Crippen LogP contribution in [-0.4, -0.2) is 308 Å². The molecule has 11 bridgehead atoms. The van der Waals surface area contributed by atoms with Gasteiger partial charge in [-0.05, 0) is 122 Å². The summed E-state index contributed by atoms with van der Waals surface area (Å²) in [6.07, 6.45) is -40.3. The summed E-state index contributed by atoms with van der Waals surface area (Å²) in [5.74, 6) is -20.4. The minimum atomic E-state index is -2.53. The molecule has 7 amide bonds. The van der Waals surface area contributed by atoms with Gasteiger partial charge in [-0.15, -0.1) is 0 Å². The molecule has 128 heavy (non-hydrogen) atoms. The molecule has 5 aromatic rings. The first-order chi connectivity index (χ1) is 60.5. The number of aromatic hydroxyl groups is 3. The van der Waals surface area contributed by atoms with Gasteiger partial charge in [-0.2, -0.15) is 0 Å². The maximum atomic E-state index is 16.5. The van der Waals surface area contributed by atoms with Gasteiger partial charge < -0.3 is 173 Å². The van der Waals surface area contributed by atoms with Crippen molar-refractivity contribution in [3.63, 3.8) is 0 Å². The molecule has 5 aromatic carbocycles. The molecule has 45 heteroatoms. The first-order valence-electron chi connectivity index (χ1n) is 40.8. The molecule has 27 atom stereocenters. The molecular formula is C83H105Cl2N9O34. The molecule has 8 aliphatic heterocycles. The molecule has 0 aromatic heterocycles. The summed E-state index contributed by atoms with van der Waals surface area (Å²) in [5.41, 5.74) is 8.16. The largest absolute Gasteiger partial charge is 0.508 e. The number of hydrogen-bond donors (Lipinski definition) is 26. The van der Waals surface area contributed by atoms with E-state index in [-0.39, 0.29) is 52.6 Å². The lowest BCUT2D eigenvalue weighted by Gasteiger charge is -2.47. The second kappa shape index (κ2) is 42.0. The molecule has 0 radical (unpaired) electrons. The number of nitrogens with one attached hydrogen (secondary N) is 7. The normalized spacial score (nSPS) is 30.5. The molecular weight excluding hydrogens is 1740 g/mol. The Labute approximate surface area is 739 Å². The Balaban J connectivity index is 1.03. The molecule has 43 nitrogen and oxygen atoms in total. The Hall–Kier alpha value is -9.73. The fraction of sp³-hybridized carbons (Fsp3) is 0.530. The van der Waals surface area contributed by atoms with Gasteiger partial charge in [0.2, 0.25) is 47.5 Å². The number of aliphatic hydroxyl groups is 14. The summed E-state index contributed by atoms with van der Waals surface area (Å²) in [4.78, 5) is 135. The van der Waals surface area contributed by atoms with Crippen molar-refractivity contribution in [3.8, 4) is 57.1 Å². The van der Waals surface area contributed by atoms with E-state index in [9.17, 15) is 101 Å². The summed E-state index contributed by atoms with van der Waals surface area (Å²) in [7, 11) is 1.47. The van der Waals surface area contributed by atoms with Crippen LogP contribution in [-0.2, 0) is 66.8 Å². The van der Waals surface area contributed by atoms with Gasteiger partial charge in [0, 0.05) is 61.5 Å². The first kappa shape index (κ1) is 98.9. The number of primary amides is 1. The number of amides is 7. The van der Waals surface area contributed by atoms with Crippen LogP contribution in [0.4, 0.5) is 0 Å². The monoisotopic (exact) mass is 1840 g/mol. The minimum Gasteiger partial charge on any atom is -0.508 e. The van der Waals surface area contributed by atoms with Gasteiger partial charge in [0.05, 0.1) is 60.0 Å². The van der Waals surface area contributed by atoms with E-state index in [1.807, 2.05) is 13.8 Å². The highest BCUT2D eigenvalue weighted by molar-refractivity contribution is 6.32. The number of ether oxygens (including phenoxy) is 8. The Morgan fingerprint density at radius 3 is 1.86 bits per heavy atom. The van der Waals surface area contributed by atoms with Crippen molar-refractivity contribution < 1.29 is 168 Å². The quantitative estimate of drug-likeness (QED) is 0.0247. The van der Waals surface area contributed by atoms with Gasteiger partial charge in [-0.3, -0.25) is 43.2 Å². The van der Waals surface area contributed by atoms with Gasteiger partial charge in [0.25, 0.3) is 5.91 Å². The predicted molar refractivity (Wildman–Crippen MR) is 439 cm³/mol. The standard InChI is InChI=1S/C83H105Cl2N9O34/c1-30(2)15-43(88-5)77(117)93-60-46(101)19-36(22-55(86)104)75(115)91-58-35-20-51(122-49-11-8-33(62(60)105)17-41(49)84)72(128-82-73(67(110)65(108)54(29-97)125-82)126-56-26-83(4,87)74(114)31(3)121-56)52(21-35)123-50-12-9-34(18-42(50)85)63(106)61-79(119)92-59(40-23-37(98)24-45(100)57(40)39-16-32(7-10-44(39)99)38(25-47(58)102)76(116)94-61)78(118)89-13-6-14-90-80(120)69(112)68(111)71(48(103)27-95)127-81-70(113)66(109)64(107)53(28-96)124-81/h7-12,16-18,20-21,23-24,30-31,36,38,43,48,53-54,56,58-71,73-74,81-82,88,95-100,103,105-114H,6,13-15,19,22,25-29,87H2,1-5H3,(H2,86,104)(H,89,118)(H,90,120)(H,91,115)(H,92,119)(H,93,117)(H,94,116)/t31?,36-,38+,43+,48+,53?,54?,56-,58+,59-,60-,61-,62+,63+,64?,65-,66?,67?,68+,69+,70?,71+,73?,74+,81?,82+,83+/m0/s1. The highest BCUT2D eigenvalue weighted by Crippen LogP contribution is 2.51. The van der Waals surface area contributed by atoms with E-state index in [0.29, 0.717) is 0 Å². The van der Waals surface area contributed by atoms with Crippen molar-refractivity contribution in [2.75, 3.05) is 40.0 Å². The van der Waals surface area contributed by atoms with Gasteiger partial charge in [0.1, 0.15) is 126 Å². The molecule has 700 valence electrons. The number of phenolic OH excluding ortho intramolecular Hbond substituents is 3. The molecule has 8 heterocycles. The summed E-state index contributed by atoms with van der Waals surface area (Å²) in [5, 5.41) is 206. The number of halogens is 2. The second-order valence-electron chi connectivity index (χ2n) is 32.9. The van der Waals surface area contributed by atoms with Crippen LogP contribution in [0.1, 0.15) is 124 Å². The number of carbonyl (C=O) groups is 9. The van der Waals surface area contributed by atoms with Crippen LogP contribution >= 0.6 is 23.2 Å². The highest BCUT2D eigenvalue weighted by atomic mass is 35.5. The maximum absolute atomic E-state index is 16.5. The SMILES string of the molecule is CN[C@H](CC(C)C)C(=O)N[C@H]1C(=O)C[C@@H](CC(N)=O)C(=O)N[C@H]2C(=O)C[C@H]3C(=O)N[C@H](C(=O)N[C@H](C(=O)NCCCNC(=O)[C@H](O)[C@@H](O)[C@H](OC4OC(CO)C(O)C(O)C4O)[C@H](O)CO)c4cc(O)cc(O)c4-c4cc3ccc4O)[C@H](O)c3ccc(c(Cl)c3)Oc3cc2cc(c3O[C@H]2OC(CO)[C@H](O)C(O)C2O[C@H]2C[C@@](C)(N)[C@H](O)C(C)O2)Oc2ccc(cc2Cl)[C@H]1O. The molecule has 8 aliphatic rings. The number of ketones is 2. The predicted octanol–water partition coefficient (Wildman–Crippen LogP) is -4.12. The van der Waals surface area contributed by atoms with Gasteiger partial charge in [-0.25, -0.2) is 0 Å². The fourth-order valence-corrected chi connectivity index (χ4v) is 16.4. The number of nitrogens with two attached hydrogens (primary N) is 2. The van der Waals surface area contributed by atoms with Crippen molar-refractivity contribution in [3.05, 3.63) is 117 Å². The van der Waals surface area contributed by atoms with Crippen LogP contribution in [0.5, 0.6) is 46.0 Å². The number of likely N-dealkylation sites (N-methyl/N-ethyl adjacent to an activating group) is 1. The third-order valence-corrected chi connectivity index (χ3v) is 23.6.